The van der Waals surface area contributed by atoms with Crippen molar-refractivity contribution in [2.75, 3.05) is 5.32 Å². The summed E-state index contributed by atoms with van der Waals surface area (Å²) in [5, 5.41) is 16.0. The zero-order valence-corrected chi connectivity index (χ0v) is 15.5. The molecule has 132 valence electrons. The Balaban J connectivity index is 1.83. The van der Waals surface area contributed by atoms with Crippen molar-refractivity contribution < 1.29 is 9.72 Å². The molecule has 0 spiro atoms. The molecule has 0 fully saturated rings. The number of aromatic nitrogens is 2. The number of amides is 1. The lowest BCUT2D eigenvalue weighted by molar-refractivity contribution is -0.385. The molecule has 10 heteroatoms. The third-order valence-electron chi connectivity index (χ3n) is 3.45. The van der Waals surface area contributed by atoms with E-state index in [-0.39, 0.29) is 21.6 Å². The van der Waals surface area contributed by atoms with Gasteiger partial charge in [0.1, 0.15) is 10.3 Å². The molecule has 2 aromatic heterocycles. The number of aryl methyl sites for hydroxylation is 1. The second-order valence-electron chi connectivity index (χ2n) is 5.25. The fraction of sp³-hybridized carbons (Fsp3) is 0.0625. The molecule has 3 aromatic rings. The summed E-state index contributed by atoms with van der Waals surface area (Å²) in [5.74, 6) is -0.438. The van der Waals surface area contributed by atoms with Crippen LogP contribution < -0.4 is 5.32 Å². The summed E-state index contributed by atoms with van der Waals surface area (Å²) in [7, 11) is 0. The number of thiazole rings is 1. The van der Waals surface area contributed by atoms with Gasteiger partial charge in [0.05, 0.1) is 10.6 Å². The summed E-state index contributed by atoms with van der Waals surface area (Å²) in [6.07, 6.45) is 0. The first-order valence-electron chi connectivity index (χ1n) is 7.19. The second kappa shape index (κ2) is 7.36. The van der Waals surface area contributed by atoms with Crippen molar-refractivity contribution >= 4 is 51.3 Å². The van der Waals surface area contributed by atoms with Crippen molar-refractivity contribution in [2.24, 2.45) is 0 Å². The Bertz CT molecular complexity index is 1000. The van der Waals surface area contributed by atoms with E-state index in [0.29, 0.717) is 22.0 Å². The van der Waals surface area contributed by atoms with E-state index in [0.717, 1.165) is 0 Å². The molecule has 0 aliphatic rings. The summed E-state index contributed by atoms with van der Waals surface area (Å²) < 4.78 is 0. The van der Waals surface area contributed by atoms with Crippen LogP contribution in [0.5, 0.6) is 0 Å². The summed E-state index contributed by atoms with van der Waals surface area (Å²) >= 11 is 12.8. The highest BCUT2D eigenvalue weighted by molar-refractivity contribution is 7.14. The fourth-order valence-corrected chi connectivity index (χ4v) is 3.37. The van der Waals surface area contributed by atoms with Gasteiger partial charge in [0, 0.05) is 28.1 Å². The number of rotatable bonds is 4. The number of hydrogen-bond donors (Lipinski definition) is 1. The second-order valence-corrected chi connectivity index (χ2v) is 6.88. The number of pyridine rings is 1. The van der Waals surface area contributed by atoms with Crippen molar-refractivity contribution in [1.82, 2.24) is 9.97 Å². The normalized spacial score (nSPS) is 10.6. The van der Waals surface area contributed by atoms with E-state index in [2.05, 4.69) is 15.3 Å². The monoisotopic (exact) mass is 408 g/mol. The number of benzene rings is 1. The van der Waals surface area contributed by atoms with Gasteiger partial charge in [-0.25, -0.2) is 9.97 Å². The van der Waals surface area contributed by atoms with Crippen LogP contribution in [0.25, 0.3) is 11.3 Å². The molecule has 3 rings (SSSR count). The van der Waals surface area contributed by atoms with Gasteiger partial charge in [0.25, 0.3) is 11.6 Å². The van der Waals surface area contributed by atoms with Gasteiger partial charge in [0.2, 0.25) is 0 Å². The highest BCUT2D eigenvalue weighted by atomic mass is 35.5. The molecule has 0 saturated heterocycles. The maximum absolute atomic E-state index is 12.3. The molecule has 7 nitrogen and oxygen atoms in total. The largest absolute Gasteiger partial charge is 0.298 e. The van der Waals surface area contributed by atoms with Crippen molar-refractivity contribution in [1.29, 1.82) is 0 Å². The standard InChI is InChI=1S/C16H10Cl2N4O3S/c1-8-2-3-9(4-12(8)22(24)25)11-7-26-16(19-11)21-15(23)10-5-13(17)20-14(18)6-10/h2-7H,1H3,(H,19,21,23). The number of nitrogens with zero attached hydrogens (tertiary/aromatic N) is 3. The molecule has 26 heavy (non-hydrogen) atoms. The zero-order valence-electron chi connectivity index (χ0n) is 13.2. The average molecular weight is 409 g/mol. The summed E-state index contributed by atoms with van der Waals surface area (Å²) in [6.45, 7) is 1.67. The van der Waals surface area contributed by atoms with Crippen LogP contribution >= 0.6 is 34.5 Å². The molecule has 2 heterocycles. The average Bonchev–Trinajstić information content (AvgIpc) is 3.02. The molecule has 0 saturated carbocycles. The first kappa shape index (κ1) is 18.2. The molecule has 0 radical (unpaired) electrons. The molecule has 1 aromatic carbocycles. The molecular weight excluding hydrogens is 399 g/mol. The highest BCUT2D eigenvalue weighted by Gasteiger charge is 2.15. The lowest BCUT2D eigenvalue weighted by atomic mass is 10.1. The quantitative estimate of drug-likeness (QED) is 0.372. The number of anilines is 1. The minimum Gasteiger partial charge on any atom is -0.298 e. The van der Waals surface area contributed by atoms with E-state index in [1.807, 2.05) is 0 Å². The van der Waals surface area contributed by atoms with E-state index in [4.69, 9.17) is 23.2 Å². The van der Waals surface area contributed by atoms with E-state index >= 15 is 0 Å². The maximum atomic E-state index is 12.3. The Morgan fingerprint density at radius 2 is 1.88 bits per heavy atom. The van der Waals surface area contributed by atoms with Gasteiger partial charge in [-0.15, -0.1) is 11.3 Å². The lowest BCUT2D eigenvalue weighted by Crippen LogP contribution is -2.12. The van der Waals surface area contributed by atoms with Crippen molar-refractivity contribution in [2.45, 2.75) is 6.92 Å². The predicted octanol–water partition coefficient (Wildman–Crippen LogP) is 4.98. The van der Waals surface area contributed by atoms with Crippen LogP contribution in [0.3, 0.4) is 0 Å². The van der Waals surface area contributed by atoms with Gasteiger partial charge in [-0.3, -0.25) is 20.2 Å². The molecule has 0 unspecified atom stereocenters. The first-order valence-corrected chi connectivity index (χ1v) is 8.82. The topological polar surface area (TPSA) is 98.0 Å². The zero-order chi connectivity index (χ0) is 18.8. The van der Waals surface area contributed by atoms with Crippen LogP contribution in [0.15, 0.2) is 35.7 Å². The maximum Gasteiger partial charge on any atom is 0.272 e. The number of nitrogens with one attached hydrogen (secondary N) is 1. The highest BCUT2D eigenvalue weighted by Crippen LogP contribution is 2.29. The molecule has 0 aliphatic heterocycles. The van der Waals surface area contributed by atoms with Crippen LogP contribution in [0.4, 0.5) is 10.8 Å². The van der Waals surface area contributed by atoms with Crippen molar-refractivity contribution in [3.05, 3.63) is 67.3 Å². The summed E-state index contributed by atoms with van der Waals surface area (Å²) in [6, 6.07) is 7.64. The van der Waals surface area contributed by atoms with Crippen LogP contribution in [0, 0.1) is 17.0 Å². The fourth-order valence-electron chi connectivity index (χ4n) is 2.19. The number of hydrogen-bond acceptors (Lipinski definition) is 6. The number of nitro groups is 1. The van der Waals surface area contributed by atoms with Gasteiger partial charge in [-0.05, 0) is 19.1 Å². The summed E-state index contributed by atoms with van der Waals surface area (Å²) in [4.78, 5) is 31.0. The van der Waals surface area contributed by atoms with Gasteiger partial charge < -0.3 is 0 Å². The molecule has 0 aliphatic carbocycles. The Morgan fingerprint density at radius 3 is 2.54 bits per heavy atom. The van der Waals surface area contributed by atoms with Gasteiger partial charge in [0.15, 0.2) is 5.13 Å². The van der Waals surface area contributed by atoms with Crippen molar-refractivity contribution in [3.63, 3.8) is 0 Å². The van der Waals surface area contributed by atoms with E-state index < -0.39 is 10.8 Å². The third kappa shape index (κ3) is 3.98. The van der Waals surface area contributed by atoms with Crippen LogP contribution in [-0.4, -0.2) is 20.8 Å². The van der Waals surface area contributed by atoms with Crippen molar-refractivity contribution in [3.8, 4) is 11.3 Å². The minimum absolute atomic E-state index is 0.0159. The number of carbonyl (C=O) groups excluding carboxylic acids is 1. The lowest BCUT2D eigenvalue weighted by Gasteiger charge is -2.03. The predicted molar refractivity (Wildman–Crippen MR) is 101 cm³/mol. The Hall–Kier alpha value is -2.55. The molecule has 0 bridgehead atoms. The van der Waals surface area contributed by atoms with E-state index in [1.54, 1.807) is 24.4 Å². The summed E-state index contributed by atoms with van der Waals surface area (Å²) in [5.41, 5.74) is 1.95. The molecule has 0 atom stereocenters. The van der Waals surface area contributed by atoms with E-state index in [9.17, 15) is 14.9 Å². The molecular formula is C16H10Cl2N4O3S. The smallest absolute Gasteiger partial charge is 0.272 e. The Kier molecular flexibility index (Phi) is 5.17. The third-order valence-corrected chi connectivity index (χ3v) is 4.60. The van der Waals surface area contributed by atoms with Gasteiger partial charge >= 0.3 is 0 Å². The van der Waals surface area contributed by atoms with Gasteiger partial charge in [-0.1, -0.05) is 35.3 Å². The van der Waals surface area contributed by atoms with E-state index in [1.165, 1.54) is 29.5 Å². The van der Waals surface area contributed by atoms with Crippen LogP contribution in [0.2, 0.25) is 10.3 Å². The first-order chi connectivity index (χ1) is 12.3. The van der Waals surface area contributed by atoms with Gasteiger partial charge in [-0.2, -0.15) is 0 Å². The Labute approximate surface area is 161 Å². The number of nitro benzene ring substituents is 1. The Morgan fingerprint density at radius 1 is 1.19 bits per heavy atom. The SMILES string of the molecule is Cc1ccc(-c2csc(NC(=O)c3cc(Cl)nc(Cl)c3)n2)cc1[N+](=O)[O-]. The minimum atomic E-state index is -0.440. The van der Waals surface area contributed by atoms with Crippen LogP contribution in [-0.2, 0) is 0 Å². The number of carbonyl (C=O) groups is 1. The molecule has 1 amide bonds. The number of halogens is 2. The molecule has 1 N–H and O–H groups in total. The van der Waals surface area contributed by atoms with Crippen LogP contribution in [0.1, 0.15) is 15.9 Å².